The molecular weight excluding hydrogens is 218 g/mol. The Morgan fingerprint density at radius 2 is 2.25 bits per heavy atom. The van der Waals surface area contributed by atoms with Crippen LogP contribution in [0.15, 0.2) is 40.6 Å². The summed E-state index contributed by atoms with van der Waals surface area (Å²) in [6.45, 7) is 2.01. The number of nitriles is 1. The normalized spacial score (nSPS) is 10.1. The lowest BCUT2D eigenvalue weighted by atomic mass is 10.2. The Hall–Kier alpha value is -1.73. The number of aryl methyl sites for hydroxylation is 2. The fraction of sp³-hybridized carbons (Fsp3) is 0.167. The average Bonchev–Trinajstić information content (AvgIpc) is 2.67. The lowest BCUT2D eigenvalue weighted by Gasteiger charge is -2.05. The van der Waals surface area contributed by atoms with Crippen molar-refractivity contribution in [2.75, 3.05) is 0 Å². The third-order valence-electron chi connectivity index (χ3n) is 2.28. The van der Waals surface area contributed by atoms with Crippen molar-refractivity contribution in [1.82, 2.24) is 9.55 Å². The highest BCUT2D eigenvalue weighted by Gasteiger charge is 2.05. The molecule has 80 valence electrons. The first-order valence-electron chi connectivity index (χ1n) is 4.86. The minimum Gasteiger partial charge on any atom is -0.329 e. The second-order valence-corrected chi connectivity index (χ2v) is 4.52. The fourth-order valence-corrected chi connectivity index (χ4v) is 2.25. The molecule has 1 aromatic heterocycles. The van der Waals surface area contributed by atoms with Crippen LogP contribution in [0.1, 0.15) is 11.1 Å². The molecule has 0 radical (unpaired) electrons. The number of nitrogens with zero attached hydrogens (tertiary/aromatic N) is 3. The summed E-state index contributed by atoms with van der Waals surface area (Å²) in [5, 5.41) is 9.73. The van der Waals surface area contributed by atoms with Crippen LogP contribution in [0.25, 0.3) is 0 Å². The molecule has 0 saturated carbocycles. The van der Waals surface area contributed by atoms with Crippen molar-refractivity contribution in [3.05, 3.63) is 41.7 Å². The lowest BCUT2D eigenvalue weighted by molar-refractivity contribution is 0.790. The van der Waals surface area contributed by atoms with E-state index < -0.39 is 0 Å². The van der Waals surface area contributed by atoms with Crippen molar-refractivity contribution in [3.8, 4) is 6.07 Å². The van der Waals surface area contributed by atoms with Gasteiger partial charge in [-0.25, -0.2) is 4.98 Å². The topological polar surface area (TPSA) is 41.6 Å². The summed E-state index contributed by atoms with van der Waals surface area (Å²) in [5.41, 5.74) is 1.80. The molecule has 0 unspecified atom stereocenters. The Morgan fingerprint density at radius 3 is 2.81 bits per heavy atom. The van der Waals surface area contributed by atoms with Crippen molar-refractivity contribution in [1.29, 1.82) is 5.26 Å². The van der Waals surface area contributed by atoms with Gasteiger partial charge in [0.15, 0.2) is 5.16 Å². The van der Waals surface area contributed by atoms with Crippen LogP contribution >= 0.6 is 11.8 Å². The van der Waals surface area contributed by atoms with Crippen LogP contribution in [0.4, 0.5) is 0 Å². The Bertz CT molecular complexity index is 552. The zero-order valence-corrected chi connectivity index (χ0v) is 9.95. The molecular formula is C12H11N3S. The van der Waals surface area contributed by atoms with Gasteiger partial charge in [-0.05, 0) is 30.7 Å². The van der Waals surface area contributed by atoms with E-state index in [0.717, 1.165) is 15.6 Å². The van der Waals surface area contributed by atoms with Gasteiger partial charge in [-0.3, -0.25) is 0 Å². The van der Waals surface area contributed by atoms with Gasteiger partial charge in [-0.1, -0.05) is 11.8 Å². The average molecular weight is 229 g/mol. The summed E-state index contributed by atoms with van der Waals surface area (Å²) in [6, 6.07) is 7.83. The van der Waals surface area contributed by atoms with E-state index in [4.69, 9.17) is 5.26 Å². The van der Waals surface area contributed by atoms with Gasteiger partial charge in [0.2, 0.25) is 0 Å². The second-order valence-electron chi connectivity index (χ2n) is 3.51. The van der Waals surface area contributed by atoms with Gasteiger partial charge in [0.25, 0.3) is 0 Å². The Balaban J connectivity index is 2.30. The van der Waals surface area contributed by atoms with Gasteiger partial charge >= 0.3 is 0 Å². The monoisotopic (exact) mass is 229 g/mol. The zero-order chi connectivity index (χ0) is 11.5. The first-order valence-corrected chi connectivity index (χ1v) is 5.68. The molecule has 0 N–H and O–H groups in total. The van der Waals surface area contributed by atoms with Crippen LogP contribution in [-0.2, 0) is 7.05 Å². The predicted octanol–water partition coefficient (Wildman–Crippen LogP) is 2.75. The first kappa shape index (κ1) is 10.8. The van der Waals surface area contributed by atoms with Crippen LogP contribution in [0.5, 0.6) is 0 Å². The molecule has 0 spiro atoms. The maximum Gasteiger partial charge on any atom is 0.172 e. The molecule has 3 nitrogen and oxygen atoms in total. The van der Waals surface area contributed by atoms with E-state index in [1.807, 2.05) is 42.9 Å². The molecule has 2 aromatic rings. The van der Waals surface area contributed by atoms with Gasteiger partial charge in [-0.15, -0.1) is 0 Å². The van der Waals surface area contributed by atoms with Crippen molar-refractivity contribution < 1.29 is 0 Å². The molecule has 1 heterocycles. The Kier molecular flexibility index (Phi) is 2.97. The smallest absolute Gasteiger partial charge is 0.172 e. The summed E-state index contributed by atoms with van der Waals surface area (Å²) in [6.07, 6.45) is 3.70. The van der Waals surface area contributed by atoms with Gasteiger partial charge in [0.05, 0.1) is 11.6 Å². The number of benzene rings is 1. The molecule has 0 saturated heterocycles. The number of aromatic nitrogens is 2. The molecule has 1 aromatic carbocycles. The molecule has 4 heteroatoms. The van der Waals surface area contributed by atoms with Crippen LogP contribution in [0.3, 0.4) is 0 Å². The van der Waals surface area contributed by atoms with Crippen molar-refractivity contribution in [3.63, 3.8) is 0 Å². The molecule has 2 rings (SSSR count). The van der Waals surface area contributed by atoms with E-state index in [1.54, 1.807) is 18.0 Å². The van der Waals surface area contributed by atoms with Crippen LogP contribution in [0.2, 0.25) is 0 Å². The van der Waals surface area contributed by atoms with Gasteiger partial charge in [-0.2, -0.15) is 5.26 Å². The third kappa shape index (κ3) is 2.10. The molecule has 0 aliphatic heterocycles. The van der Waals surface area contributed by atoms with Crippen LogP contribution < -0.4 is 0 Å². The SMILES string of the molecule is Cc1cc(C#N)ccc1Sc1nccn1C. The molecule has 0 bridgehead atoms. The number of imidazole rings is 1. The molecule has 0 fully saturated rings. The summed E-state index contributed by atoms with van der Waals surface area (Å²) >= 11 is 1.61. The minimum atomic E-state index is 0.696. The number of rotatable bonds is 2. The first-order chi connectivity index (χ1) is 7.70. The summed E-state index contributed by atoms with van der Waals surface area (Å²) in [4.78, 5) is 5.39. The quantitative estimate of drug-likeness (QED) is 0.795. The van der Waals surface area contributed by atoms with E-state index in [9.17, 15) is 0 Å². The van der Waals surface area contributed by atoms with Crippen LogP contribution in [-0.4, -0.2) is 9.55 Å². The number of hydrogen-bond donors (Lipinski definition) is 0. The fourth-order valence-electron chi connectivity index (χ4n) is 1.38. The van der Waals surface area contributed by atoms with Crippen molar-refractivity contribution in [2.24, 2.45) is 7.05 Å². The van der Waals surface area contributed by atoms with E-state index in [1.165, 1.54) is 0 Å². The molecule has 0 aliphatic rings. The Labute approximate surface area is 98.7 Å². The molecule has 16 heavy (non-hydrogen) atoms. The standard InChI is InChI=1S/C12H11N3S/c1-9-7-10(8-13)3-4-11(9)16-12-14-5-6-15(12)2/h3-7H,1-2H3. The third-order valence-corrected chi connectivity index (χ3v) is 3.54. The maximum absolute atomic E-state index is 8.78. The van der Waals surface area contributed by atoms with E-state index in [-0.39, 0.29) is 0 Å². The molecule has 0 atom stereocenters. The van der Waals surface area contributed by atoms with Gasteiger partial charge in [0.1, 0.15) is 0 Å². The summed E-state index contributed by atoms with van der Waals surface area (Å²) in [5.74, 6) is 0. The van der Waals surface area contributed by atoms with Gasteiger partial charge < -0.3 is 4.57 Å². The minimum absolute atomic E-state index is 0.696. The van der Waals surface area contributed by atoms with E-state index >= 15 is 0 Å². The van der Waals surface area contributed by atoms with E-state index in [2.05, 4.69) is 11.1 Å². The Morgan fingerprint density at radius 1 is 1.44 bits per heavy atom. The largest absolute Gasteiger partial charge is 0.329 e. The molecule has 0 amide bonds. The van der Waals surface area contributed by atoms with Gasteiger partial charge in [0, 0.05) is 24.3 Å². The lowest BCUT2D eigenvalue weighted by Crippen LogP contribution is -1.90. The second kappa shape index (κ2) is 4.42. The maximum atomic E-state index is 8.78. The highest BCUT2D eigenvalue weighted by atomic mass is 32.2. The highest BCUT2D eigenvalue weighted by molar-refractivity contribution is 7.99. The molecule has 0 aliphatic carbocycles. The van der Waals surface area contributed by atoms with Crippen LogP contribution in [0, 0.1) is 18.3 Å². The zero-order valence-electron chi connectivity index (χ0n) is 9.14. The van der Waals surface area contributed by atoms with Crippen molar-refractivity contribution in [2.45, 2.75) is 17.0 Å². The van der Waals surface area contributed by atoms with Crippen molar-refractivity contribution >= 4 is 11.8 Å². The summed E-state index contributed by atoms with van der Waals surface area (Å²) < 4.78 is 1.97. The van der Waals surface area contributed by atoms with E-state index in [0.29, 0.717) is 5.56 Å². The number of hydrogen-bond acceptors (Lipinski definition) is 3. The highest BCUT2D eigenvalue weighted by Crippen LogP contribution is 2.28. The summed E-state index contributed by atoms with van der Waals surface area (Å²) in [7, 11) is 1.97. The predicted molar refractivity (Wildman–Crippen MR) is 63.2 cm³/mol.